The minimum atomic E-state index is 0.108. The van der Waals surface area contributed by atoms with Gasteiger partial charge in [0.15, 0.2) is 6.61 Å². The lowest BCUT2D eigenvalue weighted by Crippen LogP contribution is -1.97. The average Bonchev–Trinajstić information content (AvgIpc) is 2.20. The van der Waals surface area contributed by atoms with Crippen molar-refractivity contribution in [2.45, 2.75) is 6.92 Å². The molecule has 2 nitrogen and oxygen atoms in total. The molecule has 0 aromatic rings. The average molecular weight is 176 g/mol. The highest BCUT2D eigenvalue weighted by Crippen LogP contribution is 2.33. The molecule has 0 saturated carbocycles. The molecule has 10 heavy (non-hydrogen) atoms. The van der Waals surface area contributed by atoms with Crippen molar-refractivity contribution >= 4 is 27.4 Å². The van der Waals surface area contributed by atoms with Crippen LogP contribution in [0.25, 0.3) is 0 Å². The van der Waals surface area contributed by atoms with Gasteiger partial charge in [-0.1, -0.05) is 21.6 Å². The monoisotopic (exact) mass is 176 g/mol. The molecular weight excluding hydrogens is 168 g/mol. The number of Topliss-reactive ketones (excluding diaryl/α,β-unsaturated/α-hetero) is 1. The van der Waals surface area contributed by atoms with E-state index in [9.17, 15) is 4.79 Å². The van der Waals surface area contributed by atoms with Crippen LogP contribution in [0, 0.1) is 0 Å². The normalized spacial score (nSPS) is 18.0. The summed E-state index contributed by atoms with van der Waals surface area (Å²) in [6.07, 6.45) is 1.94. The number of carbonyl (C=O) groups excluding carboxylic acids is 1. The van der Waals surface area contributed by atoms with E-state index in [1.165, 1.54) is 10.8 Å². The molecule has 4 heteroatoms. The van der Waals surface area contributed by atoms with Crippen LogP contribution in [0.2, 0.25) is 0 Å². The van der Waals surface area contributed by atoms with Crippen LogP contribution < -0.4 is 0 Å². The molecular formula is C6H8O2S2. The highest BCUT2D eigenvalue weighted by molar-refractivity contribution is 8.78. The van der Waals surface area contributed by atoms with Crippen molar-refractivity contribution < 1.29 is 9.53 Å². The fourth-order valence-electron chi connectivity index (χ4n) is 0.690. The van der Waals surface area contributed by atoms with Crippen molar-refractivity contribution in [2.24, 2.45) is 0 Å². The summed E-state index contributed by atoms with van der Waals surface area (Å²) < 4.78 is 5.03. The molecule has 0 radical (unpaired) electrons. The summed E-state index contributed by atoms with van der Waals surface area (Å²) in [5.74, 6) is 0.876. The van der Waals surface area contributed by atoms with Gasteiger partial charge in [0.1, 0.15) is 10.7 Å². The molecule has 0 fully saturated rings. The van der Waals surface area contributed by atoms with Crippen molar-refractivity contribution in [3.8, 4) is 0 Å². The lowest BCUT2D eigenvalue weighted by atomic mass is 10.4. The van der Waals surface area contributed by atoms with Gasteiger partial charge in [-0.05, 0) is 13.2 Å². The van der Waals surface area contributed by atoms with Crippen LogP contribution in [0.3, 0.4) is 0 Å². The van der Waals surface area contributed by atoms with E-state index in [0.717, 1.165) is 10.7 Å². The van der Waals surface area contributed by atoms with E-state index in [0.29, 0.717) is 0 Å². The van der Waals surface area contributed by atoms with Crippen molar-refractivity contribution in [2.75, 3.05) is 12.9 Å². The molecule has 0 aromatic carbocycles. The first-order valence-electron chi connectivity index (χ1n) is 2.83. The number of ether oxygens (including phenoxy) is 1. The second-order valence-corrected chi connectivity index (χ2v) is 4.26. The number of rotatable bonds is 2. The quantitative estimate of drug-likeness (QED) is 0.600. The van der Waals surface area contributed by atoms with Gasteiger partial charge in [-0.15, -0.1) is 0 Å². The Bertz CT molecular complexity index is 186. The zero-order valence-electron chi connectivity index (χ0n) is 5.84. The number of allylic oxidation sites excluding steroid dienone is 1. The highest BCUT2D eigenvalue weighted by Gasteiger charge is 2.21. The third-order valence-corrected chi connectivity index (χ3v) is 3.01. The molecule has 0 unspecified atom stereocenters. The van der Waals surface area contributed by atoms with E-state index >= 15 is 0 Å². The first kappa shape index (κ1) is 8.01. The van der Waals surface area contributed by atoms with Gasteiger partial charge in [0.05, 0.1) is 0 Å². The molecule has 0 N–H and O–H groups in total. The summed E-state index contributed by atoms with van der Waals surface area (Å²) >= 11 is 0. The molecule has 0 amide bonds. The predicted molar refractivity (Wildman–Crippen MR) is 44.8 cm³/mol. The van der Waals surface area contributed by atoms with E-state index in [4.69, 9.17) is 4.74 Å². The number of hydrogen-bond donors (Lipinski definition) is 0. The first-order valence-corrected chi connectivity index (χ1v) is 5.39. The van der Waals surface area contributed by atoms with Gasteiger partial charge in [0.25, 0.3) is 0 Å². The summed E-state index contributed by atoms with van der Waals surface area (Å²) in [4.78, 5) is 11.7. The summed E-state index contributed by atoms with van der Waals surface area (Å²) in [6.45, 7) is 2.05. The molecule has 56 valence electrons. The van der Waals surface area contributed by atoms with Crippen LogP contribution >= 0.6 is 21.6 Å². The Balaban J connectivity index is 2.68. The Morgan fingerprint density at radius 3 is 2.70 bits per heavy atom. The number of carbonyl (C=O) groups is 1. The summed E-state index contributed by atoms with van der Waals surface area (Å²) in [5, 5.41) is 0. The van der Waals surface area contributed by atoms with Crippen LogP contribution in [0.5, 0.6) is 0 Å². The maximum absolute atomic E-state index is 11.0. The molecule has 1 heterocycles. The third-order valence-electron chi connectivity index (χ3n) is 1.16. The largest absolute Gasteiger partial charge is 0.489 e. The Morgan fingerprint density at radius 2 is 2.30 bits per heavy atom. The van der Waals surface area contributed by atoms with Gasteiger partial charge in [-0.25, -0.2) is 0 Å². The minimum absolute atomic E-state index is 0.108. The Morgan fingerprint density at radius 1 is 1.60 bits per heavy atom. The summed E-state index contributed by atoms with van der Waals surface area (Å²) in [5.41, 5.74) is 0. The zero-order chi connectivity index (χ0) is 7.56. The smallest absolute Gasteiger partial charge is 0.210 e. The number of ketones is 1. The minimum Gasteiger partial charge on any atom is -0.489 e. The predicted octanol–water partition coefficient (Wildman–Crippen LogP) is 1.83. The lowest BCUT2D eigenvalue weighted by Gasteiger charge is -1.93. The van der Waals surface area contributed by atoms with Gasteiger partial charge < -0.3 is 4.74 Å². The summed E-state index contributed by atoms with van der Waals surface area (Å²) in [6, 6.07) is 0. The molecule has 0 atom stereocenters. The van der Waals surface area contributed by atoms with Crippen LogP contribution in [-0.4, -0.2) is 18.6 Å². The molecule has 1 rings (SSSR count). The van der Waals surface area contributed by atoms with Crippen molar-refractivity contribution in [1.82, 2.24) is 0 Å². The maximum atomic E-state index is 11.0. The Kier molecular flexibility index (Phi) is 2.68. The Labute approximate surface area is 67.8 Å². The second-order valence-electron chi connectivity index (χ2n) is 1.85. The van der Waals surface area contributed by atoms with E-state index in [1.807, 2.05) is 13.2 Å². The van der Waals surface area contributed by atoms with Gasteiger partial charge in [-0.3, -0.25) is 4.79 Å². The molecule has 0 saturated heterocycles. The van der Waals surface area contributed by atoms with Crippen molar-refractivity contribution in [1.29, 1.82) is 0 Å². The molecule has 0 bridgehead atoms. The van der Waals surface area contributed by atoms with Crippen molar-refractivity contribution in [3.63, 3.8) is 0 Å². The van der Waals surface area contributed by atoms with E-state index < -0.39 is 0 Å². The SMILES string of the molecule is CSSC1=C(C)OCC1=O. The van der Waals surface area contributed by atoms with E-state index in [1.54, 1.807) is 10.8 Å². The van der Waals surface area contributed by atoms with Crippen LogP contribution in [0.4, 0.5) is 0 Å². The van der Waals surface area contributed by atoms with Gasteiger partial charge >= 0.3 is 0 Å². The van der Waals surface area contributed by atoms with Crippen LogP contribution in [-0.2, 0) is 9.53 Å². The second kappa shape index (κ2) is 3.34. The Hall–Kier alpha value is -0.0900. The van der Waals surface area contributed by atoms with E-state index in [-0.39, 0.29) is 12.4 Å². The van der Waals surface area contributed by atoms with Crippen LogP contribution in [0.1, 0.15) is 6.92 Å². The first-order chi connectivity index (χ1) is 4.75. The van der Waals surface area contributed by atoms with Gasteiger partial charge in [-0.2, -0.15) is 0 Å². The highest BCUT2D eigenvalue weighted by atomic mass is 33.1. The fraction of sp³-hybridized carbons (Fsp3) is 0.500. The molecule has 0 aromatic heterocycles. The zero-order valence-corrected chi connectivity index (χ0v) is 7.47. The standard InChI is InChI=1S/C6H8O2S2/c1-4-6(10-9-2)5(7)3-8-4/h3H2,1-2H3. The molecule has 1 aliphatic rings. The molecule has 1 aliphatic heterocycles. The topological polar surface area (TPSA) is 26.3 Å². The van der Waals surface area contributed by atoms with Crippen LogP contribution in [0.15, 0.2) is 10.7 Å². The fourth-order valence-corrected chi connectivity index (χ4v) is 2.32. The van der Waals surface area contributed by atoms with E-state index in [2.05, 4.69) is 0 Å². The van der Waals surface area contributed by atoms with Gasteiger partial charge in [0, 0.05) is 0 Å². The maximum Gasteiger partial charge on any atom is 0.210 e. The molecule has 0 aliphatic carbocycles. The molecule has 0 spiro atoms. The summed E-state index contributed by atoms with van der Waals surface area (Å²) in [7, 11) is 3.04. The number of hydrogen-bond acceptors (Lipinski definition) is 4. The lowest BCUT2D eigenvalue weighted by molar-refractivity contribution is -0.116. The van der Waals surface area contributed by atoms with Crippen molar-refractivity contribution in [3.05, 3.63) is 10.7 Å². The van der Waals surface area contributed by atoms with Gasteiger partial charge in [0.2, 0.25) is 5.78 Å². The third kappa shape index (κ3) is 1.49.